The van der Waals surface area contributed by atoms with Crippen LogP contribution in [0.1, 0.15) is 32.3 Å². The maximum Gasteiger partial charge on any atom is 0.265 e. The summed E-state index contributed by atoms with van der Waals surface area (Å²) in [7, 11) is 1.63. The summed E-state index contributed by atoms with van der Waals surface area (Å²) in [5.74, 6) is 0.649. The smallest absolute Gasteiger partial charge is 0.265 e. The van der Waals surface area contributed by atoms with Crippen LogP contribution >= 0.6 is 15.9 Å². The summed E-state index contributed by atoms with van der Waals surface area (Å²) >= 11 is 3.30. The average molecular weight is 333 g/mol. The number of H-pyrrole nitrogens is 1. The molecule has 0 atom stereocenters. The summed E-state index contributed by atoms with van der Waals surface area (Å²) in [6, 6.07) is 0. The summed E-state index contributed by atoms with van der Waals surface area (Å²) in [5, 5.41) is 0. The predicted octanol–water partition coefficient (Wildman–Crippen LogP) is 2.04. The standard InChI is InChI=1S/C13H21BrN2O3/c1-13(2,3)11-10(14)12(17)16-9(15-11)5-6-19-8-7-18-4/h5-8H2,1-4H3,(H,15,16,17). The molecule has 1 aromatic heterocycles. The molecule has 0 aromatic carbocycles. The number of aromatic nitrogens is 2. The van der Waals surface area contributed by atoms with Gasteiger partial charge >= 0.3 is 0 Å². The van der Waals surface area contributed by atoms with Gasteiger partial charge in [-0.2, -0.15) is 0 Å². The lowest BCUT2D eigenvalue weighted by molar-refractivity contribution is 0.0716. The van der Waals surface area contributed by atoms with Gasteiger partial charge in [0.25, 0.3) is 5.56 Å². The molecule has 0 radical (unpaired) electrons. The molecule has 0 bridgehead atoms. The van der Waals surface area contributed by atoms with Crippen molar-refractivity contribution in [1.82, 2.24) is 9.97 Å². The van der Waals surface area contributed by atoms with Gasteiger partial charge in [0.15, 0.2) is 0 Å². The molecular formula is C13H21BrN2O3. The van der Waals surface area contributed by atoms with E-state index in [1.54, 1.807) is 7.11 Å². The number of methoxy groups -OCH3 is 1. The predicted molar refractivity (Wildman–Crippen MR) is 77.7 cm³/mol. The molecule has 0 aliphatic rings. The summed E-state index contributed by atoms with van der Waals surface area (Å²) < 4.78 is 10.8. The zero-order chi connectivity index (χ0) is 14.5. The zero-order valence-electron chi connectivity index (χ0n) is 11.9. The van der Waals surface area contributed by atoms with E-state index in [1.807, 2.05) is 20.8 Å². The first-order valence-electron chi connectivity index (χ1n) is 6.22. The van der Waals surface area contributed by atoms with Crippen LogP contribution in [0, 0.1) is 0 Å². The molecule has 0 spiro atoms. The van der Waals surface area contributed by atoms with Crippen molar-refractivity contribution in [3.8, 4) is 0 Å². The van der Waals surface area contributed by atoms with Gasteiger partial charge in [0.1, 0.15) is 10.3 Å². The van der Waals surface area contributed by atoms with Crippen LogP contribution in [0.3, 0.4) is 0 Å². The van der Waals surface area contributed by atoms with E-state index in [2.05, 4.69) is 25.9 Å². The minimum Gasteiger partial charge on any atom is -0.382 e. The van der Waals surface area contributed by atoms with Gasteiger partial charge in [0.2, 0.25) is 0 Å². The van der Waals surface area contributed by atoms with Crippen LogP contribution in [0.4, 0.5) is 0 Å². The first-order valence-corrected chi connectivity index (χ1v) is 7.01. The van der Waals surface area contributed by atoms with Gasteiger partial charge in [-0.3, -0.25) is 4.79 Å². The summed E-state index contributed by atoms with van der Waals surface area (Å²) in [6.45, 7) is 7.70. The quantitative estimate of drug-likeness (QED) is 0.809. The fourth-order valence-electron chi connectivity index (χ4n) is 1.53. The van der Waals surface area contributed by atoms with E-state index < -0.39 is 0 Å². The number of nitrogens with one attached hydrogen (secondary N) is 1. The van der Waals surface area contributed by atoms with Crippen molar-refractivity contribution in [1.29, 1.82) is 0 Å². The molecule has 1 heterocycles. The van der Waals surface area contributed by atoms with E-state index in [0.29, 0.717) is 36.5 Å². The molecule has 0 saturated heterocycles. The van der Waals surface area contributed by atoms with E-state index in [4.69, 9.17) is 9.47 Å². The second-order valence-corrected chi connectivity index (χ2v) is 6.07. The lowest BCUT2D eigenvalue weighted by Crippen LogP contribution is -2.24. The van der Waals surface area contributed by atoms with Gasteiger partial charge in [0, 0.05) is 18.9 Å². The third-order valence-corrected chi connectivity index (χ3v) is 3.27. The molecule has 108 valence electrons. The Kier molecular flexibility index (Phi) is 6.16. The Balaban J connectivity index is 2.75. The Morgan fingerprint density at radius 2 is 1.95 bits per heavy atom. The SMILES string of the molecule is COCCOCCc1nc(C(C)(C)C)c(Br)c(=O)[nH]1. The van der Waals surface area contributed by atoms with Crippen LogP contribution in [-0.4, -0.2) is 36.9 Å². The Morgan fingerprint density at radius 1 is 1.26 bits per heavy atom. The number of ether oxygens (including phenoxy) is 2. The molecule has 0 amide bonds. The van der Waals surface area contributed by atoms with Crippen molar-refractivity contribution in [2.24, 2.45) is 0 Å². The number of hydrogen-bond donors (Lipinski definition) is 1. The van der Waals surface area contributed by atoms with Gasteiger partial charge in [-0.1, -0.05) is 20.8 Å². The van der Waals surface area contributed by atoms with E-state index in [0.717, 1.165) is 5.69 Å². The van der Waals surface area contributed by atoms with Crippen molar-refractivity contribution in [3.05, 3.63) is 26.3 Å². The molecule has 1 aromatic rings. The highest BCUT2D eigenvalue weighted by molar-refractivity contribution is 9.10. The minimum atomic E-state index is -0.182. The second-order valence-electron chi connectivity index (χ2n) is 5.28. The van der Waals surface area contributed by atoms with Crippen molar-refractivity contribution in [3.63, 3.8) is 0 Å². The van der Waals surface area contributed by atoms with Gasteiger partial charge in [-0.05, 0) is 15.9 Å². The molecule has 0 aliphatic heterocycles. The third-order valence-electron chi connectivity index (χ3n) is 2.54. The van der Waals surface area contributed by atoms with Crippen LogP contribution in [0.15, 0.2) is 9.27 Å². The normalized spacial score (nSPS) is 11.8. The van der Waals surface area contributed by atoms with Crippen LogP contribution in [0.2, 0.25) is 0 Å². The maximum atomic E-state index is 11.8. The number of hydrogen-bond acceptors (Lipinski definition) is 4. The fraction of sp³-hybridized carbons (Fsp3) is 0.692. The number of aromatic amines is 1. The topological polar surface area (TPSA) is 64.2 Å². The lowest BCUT2D eigenvalue weighted by Gasteiger charge is -2.19. The lowest BCUT2D eigenvalue weighted by atomic mass is 9.92. The van der Waals surface area contributed by atoms with E-state index >= 15 is 0 Å². The molecule has 1 rings (SSSR count). The Bertz CT molecular complexity index is 466. The Morgan fingerprint density at radius 3 is 2.53 bits per heavy atom. The summed E-state index contributed by atoms with van der Waals surface area (Å²) in [6.07, 6.45) is 0.579. The third kappa shape index (κ3) is 5.04. The molecular weight excluding hydrogens is 312 g/mol. The van der Waals surface area contributed by atoms with Crippen LogP contribution in [0.25, 0.3) is 0 Å². The molecule has 6 heteroatoms. The number of halogens is 1. The molecule has 0 saturated carbocycles. The molecule has 0 unspecified atom stereocenters. The minimum absolute atomic E-state index is 0.146. The van der Waals surface area contributed by atoms with Crippen LogP contribution in [-0.2, 0) is 21.3 Å². The van der Waals surface area contributed by atoms with E-state index in [9.17, 15) is 4.79 Å². The van der Waals surface area contributed by atoms with Gasteiger partial charge in [-0.25, -0.2) is 4.98 Å². The van der Waals surface area contributed by atoms with Crippen LogP contribution < -0.4 is 5.56 Å². The van der Waals surface area contributed by atoms with Crippen molar-refractivity contribution in [2.45, 2.75) is 32.6 Å². The van der Waals surface area contributed by atoms with E-state index in [-0.39, 0.29) is 11.0 Å². The Hall–Kier alpha value is -0.720. The number of nitrogens with zero attached hydrogens (tertiary/aromatic N) is 1. The second kappa shape index (κ2) is 7.17. The fourth-order valence-corrected chi connectivity index (χ4v) is 2.32. The molecule has 0 fully saturated rings. The molecule has 19 heavy (non-hydrogen) atoms. The summed E-state index contributed by atoms with van der Waals surface area (Å²) in [4.78, 5) is 19.1. The average Bonchev–Trinajstić information content (AvgIpc) is 2.31. The molecule has 0 aliphatic carbocycles. The largest absolute Gasteiger partial charge is 0.382 e. The van der Waals surface area contributed by atoms with Gasteiger partial charge in [-0.15, -0.1) is 0 Å². The monoisotopic (exact) mass is 332 g/mol. The summed E-state index contributed by atoms with van der Waals surface area (Å²) in [5.41, 5.74) is 0.439. The van der Waals surface area contributed by atoms with Crippen molar-refractivity contribution in [2.75, 3.05) is 26.9 Å². The highest BCUT2D eigenvalue weighted by Gasteiger charge is 2.21. The highest BCUT2D eigenvalue weighted by atomic mass is 79.9. The first kappa shape index (κ1) is 16.3. The number of rotatable bonds is 6. The van der Waals surface area contributed by atoms with Crippen LogP contribution in [0.5, 0.6) is 0 Å². The van der Waals surface area contributed by atoms with E-state index in [1.165, 1.54) is 0 Å². The molecule has 1 N–H and O–H groups in total. The zero-order valence-corrected chi connectivity index (χ0v) is 13.5. The van der Waals surface area contributed by atoms with Gasteiger partial charge < -0.3 is 14.5 Å². The first-order chi connectivity index (χ1) is 8.86. The highest BCUT2D eigenvalue weighted by Crippen LogP contribution is 2.25. The Labute approximate surface area is 121 Å². The van der Waals surface area contributed by atoms with Gasteiger partial charge in [0.05, 0.1) is 25.5 Å². The van der Waals surface area contributed by atoms with Crippen molar-refractivity contribution >= 4 is 15.9 Å². The van der Waals surface area contributed by atoms with Crippen molar-refractivity contribution < 1.29 is 9.47 Å². The molecule has 5 nitrogen and oxygen atoms in total. The maximum absolute atomic E-state index is 11.8.